The van der Waals surface area contributed by atoms with E-state index in [1.165, 1.54) is 12.0 Å². The zero-order valence-corrected chi connectivity index (χ0v) is 13.6. The van der Waals surface area contributed by atoms with E-state index >= 15 is 0 Å². The zero-order chi connectivity index (χ0) is 14.8. The fraction of sp³-hybridized carbons (Fsp3) is 0.667. The second-order valence-electron chi connectivity index (χ2n) is 7.32. The first-order valence-electron chi connectivity index (χ1n) is 7.83. The molecular formula is C18H29NO. The fourth-order valence-corrected chi connectivity index (χ4v) is 2.69. The topological polar surface area (TPSA) is 21.3 Å². The largest absolute Gasteiger partial charge is 0.494 e. The number of hydrogen-bond donors (Lipinski definition) is 1. The first kappa shape index (κ1) is 15.4. The standard InChI is InChI=1S/C18H29NO/c1-6-11-20-16-9-7-14(8-10-16)18(5)12-15(18)13-19-17(2,3)4/h7-10,15,19H,6,11-13H2,1-5H3. The van der Waals surface area contributed by atoms with E-state index in [1.54, 1.807) is 0 Å². The van der Waals surface area contributed by atoms with Gasteiger partial charge in [0.05, 0.1) is 6.61 Å². The van der Waals surface area contributed by atoms with Crippen molar-refractivity contribution in [2.24, 2.45) is 5.92 Å². The highest BCUT2D eigenvalue weighted by Gasteiger charge is 2.50. The van der Waals surface area contributed by atoms with Crippen LogP contribution in [0.4, 0.5) is 0 Å². The molecule has 0 radical (unpaired) electrons. The van der Waals surface area contributed by atoms with Crippen molar-refractivity contribution in [2.45, 2.75) is 58.4 Å². The van der Waals surface area contributed by atoms with Gasteiger partial charge >= 0.3 is 0 Å². The Labute approximate surface area is 123 Å². The van der Waals surface area contributed by atoms with Crippen molar-refractivity contribution in [3.8, 4) is 5.75 Å². The van der Waals surface area contributed by atoms with Gasteiger partial charge in [0.25, 0.3) is 0 Å². The Kier molecular flexibility index (Phi) is 4.43. The molecule has 20 heavy (non-hydrogen) atoms. The predicted molar refractivity (Wildman–Crippen MR) is 85.4 cm³/mol. The molecule has 1 aliphatic carbocycles. The molecule has 0 aromatic heterocycles. The van der Waals surface area contributed by atoms with E-state index in [4.69, 9.17) is 4.74 Å². The van der Waals surface area contributed by atoms with Gasteiger partial charge in [-0.25, -0.2) is 0 Å². The highest BCUT2D eigenvalue weighted by Crippen LogP contribution is 2.53. The van der Waals surface area contributed by atoms with Gasteiger partial charge in [0.15, 0.2) is 0 Å². The van der Waals surface area contributed by atoms with Crippen LogP contribution in [-0.2, 0) is 5.41 Å². The summed E-state index contributed by atoms with van der Waals surface area (Å²) in [5.74, 6) is 1.74. The lowest BCUT2D eigenvalue weighted by molar-refractivity contribution is 0.317. The lowest BCUT2D eigenvalue weighted by atomic mass is 9.95. The average molecular weight is 275 g/mol. The normalized spacial score (nSPS) is 25.6. The van der Waals surface area contributed by atoms with E-state index in [9.17, 15) is 0 Å². The molecule has 0 aliphatic heterocycles. The van der Waals surface area contributed by atoms with Crippen LogP contribution in [0, 0.1) is 5.92 Å². The summed E-state index contributed by atoms with van der Waals surface area (Å²) in [6.45, 7) is 13.1. The number of hydrogen-bond acceptors (Lipinski definition) is 2. The van der Waals surface area contributed by atoms with Crippen LogP contribution in [0.2, 0.25) is 0 Å². The number of ether oxygens (including phenoxy) is 1. The van der Waals surface area contributed by atoms with Crippen molar-refractivity contribution in [3.63, 3.8) is 0 Å². The van der Waals surface area contributed by atoms with Crippen LogP contribution in [0.15, 0.2) is 24.3 Å². The lowest BCUT2D eigenvalue weighted by Gasteiger charge is -2.21. The summed E-state index contributed by atoms with van der Waals surface area (Å²) in [6, 6.07) is 8.70. The molecule has 2 rings (SSSR count). The van der Waals surface area contributed by atoms with Crippen LogP contribution < -0.4 is 10.1 Å². The molecule has 112 valence electrons. The zero-order valence-electron chi connectivity index (χ0n) is 13.6. The molecule has 0 bridgehead atoms. The molecule has 2 atom stereocenters. The third kappa shape index (κ3) is 3.76. The van der Waals surface area contributed by atoms with Crippen LogP contribution in [0.1, 0.15) is 53.0 Å². The quantitative estimate of drug-likeness (QED) is 0.842. The van der Waals surface area contributed by atoms with Crippen molar-refractivity contribution in [1.82, 2.24) is 5.32 Å². The van der Waals surface area contributed by atoms with E-state index in [2.05, 4.69) is 64.2 Å². The second-order valence-corrected chi connectivity index (χ2v) is 7.32. The van der Waals surface area contributed by atoms with Gasteiger partial charge in [-0.05, 0) is 69.2 Å². The first-order valence-corrected chi connectivity index (χ1v) is 7.83. The summed E-state index contributed by atoms with van der Waals surface area (Å²) in [6.07, 6.45) is 2.34. The van der Waals surface area contributed by atoms with Crippen molar-refractivity contribution in [3.05, 3.63) is 29.8 Å². The van der Waals surface area contributed by atoms with Crippen LogP contribution in [0.5, 0.6) is 5.75 Å². The highest BCUT2D eigenvalue weighted by molar-refractivity contribution is 5.37. The van der Waals surface area contributed by atoms with Crippen LogP contribution in [0.25, 0.3) is 0 Å². The summed E-state index contributed by atoms with van der Waals surface area (Å²) in [5, 5.41) is 3.62. The van der Waals surface area contributed by atoms with Gasteiger partial charge in [-0.15, -0.1) is 0 Å². The van der Waals surface area contributed by atoms with Gasteiger partial charge in [0, 0.05) is 5.54 Å². The van der Waals surface area contributed by atoms with Crippen LogP contribution >= 0.6 is 0 Å². The van der Waals surface area contributed by atoms with E-state index < -0.39 is 0 Å². The Morgan fingerprint density at radius 3 is 2.45 bits per heavy atom. The molecule has 0 saturated heterocycles. The maximum absolute atomic E-state index is 5.65. The minimum atomic E-state index is 0.210. The van der Waals surface area contributed by atoms with Crippen molar-refractivity contribution in [2.75, 3.05) is 13.2 Å². The summed E-state index contributed by atoms with van der Waals surface area (Å²) >= 11 is 0. The van der Waals surface area contributed by atoms with Gasteiger partial charge < -0.3 is 10.1 Å². The van der Waals surface area contributed by atoms with E-state index in [1.807, 2.05) is 0 Å². The predicted octanol–water partition coefficient (Wildman–Crippen LogP) is 4.14. The molecule has 0 heterocycles. The molecule has 1 aromatic carbocycles. The minimum Gasteiger partial charge on any atom is -0.494 e. The molecule has 0 spiro atoms. The molecule has 1 fully saturated rings. The van der Waals surface area contributed by atoms with Gasteiger partial charge in [-0.3, -0.25) is 0 Å². The van der Waals surface area contributed by atoms with Crippen molar-refractivity contribution < 1.29 is 4.74 Å². The fourth-order valence-electron chi connectivity index (χ4n) is 2.69. The summed E-state index contributed by atoms with van der Waals surface area (Å²) < 4.78 is 5.65. The smallest absolute Gasteiger partial charge is 0.119 e. The highest BCUT2D eigenvalue weighted by atomic mass is 16.5. The molecule has 1 aliphatic rings. The molecule has 2 heteroatoms. The summed E-state index contributed by atoms with van der Waals surface area (Å²) in [5.41, 5.74) is 2.00. The molecule has 0 amide bonds. The second kappa shape index (κ2) is 5.77. The SMILES string of the molecule is CCCOc1ccc(C2(C)CC2CNC(C)(C)C)cc1. The van der Waals surface area contributed by atoms with Gasteiger partial charge in [-0.2, -0.15) is 0 Å². The number of nitrogens with one attached hydrogen (secondary N) is 1. The third-order valence-corrected chi connectivity index (χ3v) is 4.28. The van der Waals surface area contributed by atoms with Gasteiger partial charge in [0.2, 0.25) is 0 Å². The Bertz CT molecular complexity index is 432. The molecule has 2 unspecified atom stereocenters. The molecule has 2 nitrogen and oxygen atoms in total. The lowest BCUT2D eigenvalue weighted by Crippen LogP contribution is -2.37. The Hall–Kier alpha value is -1.02. The Morgan fingerprint density at radius 2 is 1.90 bits per heavy atom. The minimum absolute atomic E-state index is 0.210. The maximum atomic E-state index is 5.65. The molecule has 1 saturated carbocycles. The number of benzene rings is 1. The van der Waals surface area contributed by atoms with Crippen molar-refractivity contribution >= 4 is 0 Å². The Balaban J connectivity index is 1.92. The van der Waals surface area contributed by atoms with E-state index in [-0.39, 0.29) is 5.54 Å². The Morgan fingerprint density at radius 1 is 1.25 bits per heavy atom. The average Bonchev–Trinajstić information content (AvgIpc) is 3.06. The van der Waals surface area contributed by atoms with Gasteiger partial charge in [-0.1, -0.05) is 26.0 Å². The molecular weight excluding hydrogens is 246 g/mol. The van der Waals surface area contributed by atoms with E-state index in [0.717, 1.165) is 31.2 Å². The number of rotatable bonds is 6. The molecule has 1 N–H and O–H groups in total. The molecule has 1 aromatic rings. The monoisotopic (exact) mass is 275 g/mol. The van der Waals surface area contributed by atoms with Gasteiger partial charge in [0.1, 0.15) is 5.75 Å². The summed E-state index contributed by atoms with van der Waals surface area (Å²) in [4.78, 5) is 0. The summed E-state index contributed by atoms with van der Waals surface area (Å²) in [7, 11) is 0. The van der Waals surface area contributed by atoms with Crippen LogP contribution in [0.3, 0.4) is 0 Å². The third-order valence-electron chi connectivity index (χ3n) is 4.28. The van der Waals surface area contributed by atoms with E-state index in [0.29, 0.717) is 5.41 Å². The maximum Gasteiger partial charge on any atom is 0.119 e. The van der Waals surface area contributed by atoms with Crippen LogP contribution in [-0.4, -0.2) is 18.7 Å². The first-order chi connectivity index (χ1) is 9.35. The van der Waals surface area contributed by atoms with Crippen molar-refractivity contribution in [1.29, 1.82) is 0 Å².